The molecular formula is C59H96N16O17. The SMILES string of the molecule is CC(C)C[C@H](NC(=O)[C@@H](NC(=O)[C@H](CC(=O)O)NC(=O)[C@@H](NC(=O)[C@@H]1CCCN1C(=O)[C@H](CC(C)C)NC(=O)[C@H](C)N)C(C)C)C(C)C)C(=O)N[C@@H](C)C(=O)N[C@@H](CC(N)=O)C(=O)N[C@@H](C)C(=O)N[C@@H](Cc1ccc(O)cc1)C(=O)N[C@@H](CCCN=C(N)N)C(=O)O. The Morgan fingerprint density at radius 3 is 1.47 bits per heavy atom. The molecule has 12 atom stereocenters. The van der Waals surface area contributed by atoms with Gasteiger partial charge < -0.3 is 96.3 Å². The third-order valence-electron chi connectivity index (χ3n) is 14.5. The molecule has 1 saturated heterocycles. The lowest BCUT2D eigenvalue weighted by Gasteiger charge is -2.32. The normalized spacial score (nSPS) is 16.5. The number of nitrogens with one attached hydrogen (secondary N) is 10. The van der Waals surface area contributed by atoms with E-state index in [2.05, 4.69) is 58.2 Å². The lowest BCUT2D eigenvalue weighted by atomic mass is 9.99. The number of carboxylic acids is 2. The third-order valence-corrected chi connectivity index (χ3v) is 14.5. The van der Waals surface area contributed by atoms with Crippen LogP contribution >= 0.6 is 0 Å². The van der Waals surface area contributed by atoms with Crippen LogP contribution in [-0.2, 0) is 73.5 Å². The van der Waals surface area contributed by atoms with E-state index >= 15 is 0 Å². The van der Waals surface area contributed by atoms with Crippen molar-refractivity contribution < 1.29 is 82.4 Å². The van der Waals surface area contributed by atoms with Crippen LogP contribution in [0.4, 0.5) is 0 Å². The highest BCUT2D eigenvalue weighted by atomic mass is 16.4. The second-order valence-corrected chi connectivity index (χ2v) is 24.5. The van der Waals surface area contributed by atoms with Gasteiger partial charge >= 0.3 is 11.9 Å². The fourth-order valence-corrected chi connectivity index (χ4v) is 9.56. The number of hydrogen-bond acceptors (Lipinski definition) is 17. The van der Waals surface area contributed by atoms with Crippen LogP contribution in [0.5, 0.6) is 5.75 Å². The molecule has 33 heteroatoms. The highest BCUT2D eigenvalue weighted by molar-refractivity contribution is 6.00. The minimum atomic E-state index is -1.83. The number of aliphatic carboxylic acids is 2. The molecular weight excluding hydrogens is 1200 g/mol. The number of phenols is 1. The van der Waals surface area contributed by atoms with Gasteiger partial charge in [0.25, 0.3) is 0 Å². The summed E-state index contributed by atoms with van der Waals surface area (Å²) in [7, 11) is 0. The number of primary amides is 1. The molecule has 1 aromatic carbocycles. The van der Waals surface area contributed by atoms with Gasteiger partial charge in [-0.15, -0.1) is 0 Å². The molecule has 0 unspecified atom stereocenters. The predicted molar refractivity (Wildman–Crippen MR) is 333 cm³/mol. The molecule has 2 rings (SSSR count). The van der Waals surface area contributed by atoms with Gasteiger partial charge in [0.05, 0.1) is 18.9 Å². The zero-order valence-corrected chi connectivity index (χ0v) is 54.1. The van der Waals surface area contributed by atoms with Crippen molar-refractivity contribution in [2.24, 2.45) is 51.6 Å². The van der Waals surface area contributed by atoms with Crippen molar-refractivity contribution in [2.75, 3.05) is 13.1 Å². The van der Waals surface area contributed by atoms with Crippen LogP contribution in [-0.4, -0.2) is 195 Å². The molecule has 0 radical (unpaired) electrons. The molecule has 0 saturated carbocycles. The Morgan fingerprint density at radius 1 is 0.533 bits per heavy atom. The van der Waals surface area contributed by atoms with Gasteiger partial charge in [0.15, 0.2) is 5.96 Å². The van der Waals surface area contributed by atoms with E-state index in [0.29, 0.717) is 12.0 Å². The molecule has 0 aliphatic carbocycles. The van der Waals surface area contributed by atoms with E-state index < -0.39 is 180 Å². The van der Waals surface area contributed by atoms with Gasteiger partial charge in [-0.05, 0) is 101 Å². The van der Waals surface area contributed by atoms with Gasteiger partial charge in [0, 0.05) is 19.5 Å². The maximum absolute atomic E-state index is 14.1. The summed E-state index contributed by atoms with van der Waals surface area (Å²) < 4.78 is 0. The van der Waals surface area contributed by atoms with Crippen molar-refractivity contribution in [1.29, 1.82) is 0 Å². The average molecular weight is 1300 g/mol. The summed E-state index contributed by atoms with van der Waals surface area (Å²) in [6.07, 6.45) is -1.16. The van der Waals surface area contributed by atoms with E-state index in [9.17, 15) is 82.4 Å². The average Bonchev–Trinajstić information content (AvgIpc) is 1.59. The Morgan fingerprint density at radius 2 is 0.978 bits per heavy atom. The lowest BCUT2D eigenvalue weighted by molar-refractivity contribution is -0.143. The fraction of sp³-hybridized carbons (Fsp3) is 0.644. The Hall–Kier alpha value is -9.17. The number of guanidine groups is 1. The van der Waals surface area contributed by atoms with E-state index in [4.69, 9.17) is 22.9 Å². The summed E-state index contributed by atoms with van der Waals surface area (Å²) in [6, 6.07) is -11.2. The van der Waals surface area contributed by atoms with E-state index in [-0.39, 0.29) is 75.2 Å². The maximum atomic E-state index is 14.1. The van der Waals surface area contributed by atoms with E-state index in [1.54, 1.807) is 27.7 Å². The predicted octanol–water partition coefficient (Wildman–Crippen LogP) is -3.95. The zero-order chi connectivity index (χ0) is 70.0. The van der Waals surface area contributed by atoms with Gasteiger partial charge in [0.2, 0.25) is 70.9 Å². The maximum Gasteiger partial charge on any atom is 0.326 e. The molecule has 514 valence electrons. The number of phenolic OH excluding ortho intramolecular Hbond substituents is 1. The minimum absolute atomic E-state index is 0.0349. The van der Waals surface area contributed by atoms with E-state index in [0.717, 1.165) is 0 Å². The molecule has 1 fully saturated rings. The van der Waals surface area contributed by atoms with Gasteiger partial charge in [-0.1, -0.05) is 67.5 Å². The number of amides is 12. The van der Waals surface area contributed by atoms with Gasteiger partial charge in [0.1, 0.15) is 72.2 Å². The quantitative estimate of drug-likeness (QED) is 0.0171. The largest absolute Gasteiger partial charge is 0.508 e. The number of rotatable bonds is 38. The van der Waals surface area contributed by atoms with Gasteiger partial charge in [-0.3, -0.25) is 67.3 Å². The number of benzene rings is 1. The molecule has 1 aliphatic heterocycles. The first kappa shape index (κ1) is 78.9. The number of aromatic hydroxyl groups is 1. The molecule has 0 aromatic heterocycles. The van der Waals surface area contributed by atoms with Crippen LogP contribution in [0.3, 0.4) is 0 Å². The topological polar surface area (TPSA) is 540 Å². The number of carboxylic acid groups (broad SMARTS) is 2. The zero-order valence-electron chi connectivity index (χ0n) is 54.1. The highest BCUT2D eigenvalue weighted by Gasteiger charge is 2.41. The second-order valence-electron chi connectivity index (χ2n) is 24.5. The number of aliphatic imine (C=N–C) groups is 1. The molecule has 21 N–H and O–H groups in total. The van der Waals surface area contributed by atoms with E-state index in [1.807, 2.05) is 13.8 Å². The van der Waals surface area contributed by atoms with Crippen LogP contribution in [0, 0.1) is 23.7 Å². The number of nitrogens with two attached hydrogens (primary N) is 4. The molecule has 0 spiro atoms. The molecule has 1 aliphatic rings. The Bertz CT molecular complexity index is 2810. The molecule has 1 heterocycles. The van der Waals surface area contributed by atoms with Crippen molar-refractivity contribution in [2.45, 2.75) is 206 Å². The van der Waals surface area contributed by atoms with E-state index in [1.165, 1.54) is 63.8 Å². The monoisotopic (exact) mass is 1300 g/mol. The third kappa shape index (κ3) is 27.1. The first-order valence-electron chi connectivity index (χ1n) is 30.5. The summed E-state index contributed by atoms with van der Waals surface area (Å²) >= 11 is 0. The number of likely N-dealkylation sites (tertiary alicyclic amines) is 1. The van der Waals surface area contributed by atoms with Crippen molar-refractivity contribution >= 4 is 88.8 Å². The van der Waals surface area contributed by atoms with Crippen LogP contribution < -0.4 is 76.1 Å². The standard InChI is InChI=1S/C59H96N16O17/c1-27(2)22-37(70-55(88)45(29(5)6)73-53(86)40(26-44(78)79)71-56(89)46(30(7)8)74-54(87)42-15-13-21-75(42)57(90)41(23-28(3)4)72-47(80)31(9)60)50(83)65-33(11)49(82)69-39(25-43(61)77)51(84)66-32(10)48(81)68-38(24-34-16-18-35(76)19-17-34)52(85)67-36(58(91)92)14-12-20-64-59(62)63/h16-19,27-33,36-42,45-46,76H,12-15,20-26,60H2,1-11H3,(H2,61,77)(H,65,83)(H,66,84)(H,67,85)(H,68,81)(H,69,82)(H,70,88)(H,71,89)(H,72,80)(H,73,86)(H,74,87)(H,78,79)(H,91,92)(H4,62,63,64)/t31-,32-,33-,36-,37-,38-,39-,40-,41-,42-,45-,46-/m0/s1. The van der Waals surface area contributed by atoms with Crippen LogP contribution in [0.25, 0.3) is 0 Å². The van der Waals surface area contributed by atoms with Crippen molar-refractivity contribution in [3.63, 3.8) is 0 Å². The van der Waals surface area contributed by atoms with Gasteiger partial charge in [-0.2, -0.15) is 0 Å². The number of nitrogens with zero attached hydrogens (tertiary/aromatic N) is 2. The summed E-state index contributed by atoms with van der Waals surface area (Å²) in [5.41, 5.74) is 22.3. The smallest absolute Gasteiger partial charge is 0.326 e. The van der Waals surface area contributed by atoms with Crippen LogP contribution in [0.2, 0.25) is 0 Å². The van der Waals surface area contributed by atoms with Gasteiger partial charge in [-0.25, -0.2) is 4.79 Å². The highest BCUT2D eigenvalue weighted by Crippen LogP contribution is 2.22. The van der Waals surface area contributed by atoms with Crippen molar-refractivity contribution in [3.05, 3.63) is 29.8 Å². The van der Waals surface area contributed by atoms with Crippen LogP contribution in [0.15, 0.2) is 29.3 Å². The molecule has 0 bridgehead atoms. The first-order valence-corrected chi connectivity index (χ1v) is 30.5. The molecule has 1 aromatic rings. The summed E-state index contributed by atoms with van der Waals surface area (Å²) in [5, 5.41) is 54.1. The fourth-order valence-electron chi connectivity index (χ4n) is 9.56. The minimum Gasteiger partial charge on any atom is -0.508 e. The van der Waals surface area contributed by atoms with Crippen LogP contribution in [0.1, 0.15) is 133 Å². The molecule has 12 amide bonds. The summed E-state index contributed by atoms with van der Waals surface area (Å²) in [4.78, 5) is 193. The first-order chi connectivity index (χ1) is 42.8. The Labute approximate surface area is 534 Å². The number of carbonyl (C=O) groups is 14. The lowest BCUT2D eigenvalue weighted by Crippen LogP contribution is -2.61. The Balaban J connectivity index is 2.27. The van der Waals surface area contributed by atoms with Crippen molar-refractivity contribution in [1.82, 2.24) is 58.1 Å². The Kier molecular flexibility index (Phi) is 32.5. The molecule has 92 heavy (non-hydrogen) atoms. The number of hydrogen-bond donors (Lipinski definition) is 17. The van der Waals surface area contributed by atoms with Crippen molar-refractivity contribution in [3.8, 4) is 5.75 Å². The summed E-state index contributed by atoms with van der Waals surface area (Å²) in [5.74, 6) is -15.9. The summed E-state index contributed by atoms with van der Waals surface area (Å²) in [6.45, 7) is 17.4. The number of carbonyl (C=O) groups excluding carboxylic acids is 12. The molecule has 33 nitrogen and oxygen atoms in total. The second kappa shape index (κ2) is 37.9.